The summed E-state index contributed by atoms with van der Waals surface area (Å²) < 4.78 is 11.3. The van der Waals surface area contributed by atoms with E-state index in [4.69, 9.17) is 0 Å². The van der Waals surface area contributed by atoms with Crippen LogP contribution >= 0.6 is 22.7 Å². The van der Waals surface area contributed by atoms with Crippen molar-refractivity contribution in [3.63, 3.8) is 0 Å². The second-order valence-corrected chi connectivity index (χ2v) is 57.4. The quantitative estimate of drug-likeness (QED) is 0.134. The number of aromatic nitrogens is 2. The molecule has 0 bridgehead atoms. The van der Waals surface area contributed by atoms with Gasteiger partial charge in [-0.1, -0.05) is 335 Å². The predicted octanol–water partition coefficient (Wildman–Crippen LogP) is 33.1. The minimum Gasteiger partial charge on any atom is -0.335 e. The molecule has 8 atom stereocenters. The van der Waals surface area contributed by atoms with Crippen LogP contribution in [0.1, 0.15) is 336 Å². The zero-order chi connectivity index (χ0) is 101. The van der Waals surface area contributed by atoms with Crippen LogP contribution in [-0.2, 0) is 54.1 Å². The molecule has 13 aromatic carbocycles. The van der Waals surface area contributed by atoms with Crippen molar-refractivity contribution in [1.82, 2.24) is 9.13 Å². The summed E-state index contributed by atoms with van der Waals surface area (Å²) in [7, 11) is 0. The summed E-state index contributed by atoms with van der Waals surface area (Å²) in [6.45, 7) is 58.8. The number of hydrogen-bond acceptors (Lipinski definition) is 6. The van der Waals surface area contributed by atoms with Gasteiger partial charge >= 0.3 is 0 Å². The Kier molecular flexibility index (Phi) is 17.8. The lowest BCUT2D eigenvalue weighted by molar-refractivity contribution is 0.194. The summed E-state index contributed by atoms with van der Waals surface area (Å²) in [5.41, 5.74) is 49.9. The van der Waals surface area contributed by atoms with E-state index in [9.17, 15) is 0 Å². The monoisotopic (exact) mass is 1960 g/mol. The molecule has 8 unspecified atom stereocenters. The van der Waals surface area contributed by atoms with Crippen molar-refractivity contribution in [2.45, 2.75) is 351 Å². The van der Waals surface area contributed by atoms with E-state index >= 15 is 0 Å². The molecule has 10 heteroatoms. The third kappa shape index (κ3) is 11.2. The molecule has 12 heterocycles. The van der Waals surface area contributed by atoms with Crippen molar-refractivity contribution in [2.75, 3.05) is 19.6 Å². The van der Waals surface area contributed by atoms with Gasteiger partial charge in [0.15, 0.2) is 0 Å². The largest absolute Gasteiger partial charge is 0.335 e. The summed E-state index contributed by atoms with van der Waals surface area (Å²) >= 11 is 3.99. The normalized spacial score (nSPS) is 25.3. The lowest BCUT2D eigenvalue weighted by atomic mass is 9.33. The van der Waals surface area contributed by atoms with E-state index in [0.717, 1.165) is 57.8 Å². The van der Waals surface area contributed by atoms with E-state index in [1.807, 2.05) is 22.7 Å². The van der Waals surface area contributed by atoms with Crippen LogP contribution in [0.15, 0.2) is 224 Å². The molecule has 4 aromatic heterocycles. The van der Waals surface area contributed by atoms with Gasteiger partial charge in [-0.25, -0.2) is 0 Å². The smallest absolute Gasteiger partial charge is 0.252 e. The van der Waals surface area contributed by atoms with Gasteiger partial charge in [0.25, 0.3) is 13.4 Å². The SMILES string of the molecule is CC(C)(C)c1ccc2c(c1)C1(C)CCCCC1(C)N2c1cc2c3c(c1)-n1c4c(cc(C(C)(C)C)cc4c4sc5ccccc5c41)B3c1cc(-c3ccc(C(C)(C)CCC(C)(C)c4ccc5c(c4)C4(C)CCCCC4(C)N5c4cc5c6c(c4)-n4c7c(c8cc(C(C)(C)C)cc(c84)B6c4cc(-c6cccc8c6sc6ccccc68)cc6c4N5C4(C)CCCCC64C)C(C)(C)c4ccccc4-7)cc3)cc3c1N2C1(C)CCCCC31C. The fraction of sp³-hybridized carbons (Fsp3) is 0.401. The Labute approximate surface area is 880 Å². The van der Waals surface area contributed by atoms with Crippen LogP contribution in [0.3, 0.4) is 0 Å². The minimum absolute atomic E-state index is 0.00371. The molecule has 0 N–H and O–H groups in total. The van der Waals surface area contributed by atoms with Crippen molar-refractivity contribution in [1.29, 1.82) is 0 Å². The fourth-order valence-corrected chi connectivity index (χ4v) is 36.7. The first-order chi connectivity index (χ1) is 70.0. The fourth-order valence-electron chi connectivity index (χ4n) is 34.3. The van der Waals surface area contributed by atoms with Gasteiger partial charge in [-0.05, 0) is 308 Å². The topological polar surface area (TPSA) is 22.8 Å². The van der Waals surface area contributed by atoms with Crippen LogP contribution in [0.2, 0.25) is 0 Å². The van der Waals surface area contributed by atoms with Crippen molar-refractivity contribution >= 4 is 177 Å². The zero-order valence-electron chi connectivity index (χ0n) is 91.2. The molecule has 6 nitrogen and oxygen atoms in total. The molecule has 4 fully saturated rings. The number of fused-ring (bicyclic) bond motifs is 33. The van der Waals surface area contributed by atoms with E-state index in [-0.39, 0.29) is 89.7 Å². The molecule has 8 aliphatic heterocycles. The predicted molar refractivity (Wildman–Crippen MR) is 633 cm³/mol. The summed E-state index contributed by atoms with van der Waals surface area (Å²) in [4.78, 5) is 12.0. The highest BCUT2D eigenvalue weighted by molar-refractivity contribution is 7.27. The highest BCUT2D eigenvalue weighted by Gasteiger charge is 2.67. The molecule has 0 radical (unpaired) electrons. The Morgan fingerprint density at radius 1 is 0.286 bits per heavy atom. The van der Waals surface area contributed by atoms with Crippen molar-refractivity contribution in [2.24, 2.45) is 0 Å². The Morgan fingerprint density at radius 3 is 1.27 bits per heavy atom. The summed E-state index contributed by atoms with van der Waals surface area (Å²) in [5, 5.41) is 6.92. The summed E-state index contributed by atoms with van der Waals surface area (Å²) in [6, 6.07) is 93.8. The lowest BCUT2D eigenvalue weighted by Crippen LogP contribution is -2.64. The molecule has 17 aromatic rings. The number of thiophene rings is 2. The van der Waals surface area contributed by atoms with Crippen LogP contribution in [0.4, 0.5) is 45.5 Å². The van der Waals surface area contributed by atoms with Gasteiger partial charge in [-0.15, -0.1) is 22.7 Å². The highest BCUT2D eigenvalue weighted by Crippen LogP contribution is 2.70. The van der Waals surface area contributed by atoms with E-state index in [1.165, 1.54) is 282 Å². The van der Waals surface area contributed by atoms with E-state index in [1.54, 1.807) is 22.3 Å². The van der Waals surface area contributed by atoms with Crippen LogP contribution in [0.5, 0.6) is 0 Å². The maximum Gasteiger partial charge on any atom is 0.252 e. The molecule has 13 aliphatic rings. The minimum atomic E-state index is -0.238. The molecule has 147 heavy (non-hydrogen) atoms. The standard InChI is InChI=1S/C137H142B2N6S2/c1-124(2,3)83-51-53-105-97(71-83)130(16)55-30-34-59-134(130,20)142(105)88-76-108-115-110(78-88)144-120-99(132(18)57-32-36-61-136(132,144)22)65-80(67-101(120)138(115)104-74-86(126(7,8)9)70-95-117(104)141(108)119-93-41-26-29-46-112(93)147-123(95)119)79-47-49-82(50-48-79)127(10,11)63-64-128(12,13)84-52-54-106-98(72-84)131(17)56-31-35-60-135(131,21)143(106)87-75-107-114-109(77-87)145-121-100(133(19)58-33-37-62-137(133,145)23)66-81(89-42-38-43-91-90-39-25-28-45-111(90)146-122(89)91)68-102(121)139(114)103-73-85(125(4,5)6)69-94-113-118(140(107)116(94)103)92-40-24-27-44-96(92)129(113,14)15/h24-29,38-54,65-78H,30-37,55-64H2,1-23H3. The van der Waals surface area contributed by atoms with Gasteiger partial charge in [-0.2, -0.15) is 0 Å². The maximum absolute atomic E-state index is 3.04. The second-order valence-electron chi connectivity index (χ2n) is 55.3. The summed E-state index contributed by atoms with van der Waals surface area (Å²) in [6.07, 6.45) is 21.2. The van der Waals surface area contributed by atoms with E-state index in [0.29, 0.717) is 0 Å². The first-order valence-electron chi connectivity index (χ1n) is 56.6. The molecule has 0 saturated heterocycles. The number of nitrogens with zero attached hydrogens (tertiary/aromatic N) is 6. The number of anilines is 8. The van der Waals surface area contributed by atoms with E-state index < -0.39 is 0 Å². The van der Waals surface area contributed by atoms with Crippen molar-refractivity contribution in [3.05, 3.63) is 286 Å². The molecule has 4 saturated carbocycles. The van der Waals surface area contributed by atoms with Gasteiger partial charge in [0.1, 0.15) is 0 Å². The van der Waals surface area contributed by atoms with Crippen LogP contribution in [0, 0.1) is 0 Å². The lowest BCUT2D eigenvalue weighted by Gasteiger charge is -2.53. The molecular formula is C137H142B2N6S2. The Hall–Kier alpha value is -11.3. The third-order valence-electron chi connectivity index (χ3n) is 43.7. The van der Waals surface area contributed by atoms with Gasteiger partial charge in [0, 0.05) is 136 Å². The van der Waals surface area contributed by atoms with Crippen LogP contribution in [-0.4, -0.2) is 44.7 Å². The maximum atomic E-state index is 3.04. The highest BCUT2D eigenvalue weighted by atomic mass is 32.1. The zero-order valence-corrected chi connectivity index (χ0v) is 92.9. The van der Waals surface area contributed by atoms with Crippen LogP contribution in [0.25, 0.3) is 107 Å². The number of rotatable bonds is 9. The molecule has 30 rings (SSSR count). The van der Waals surface area contributed by atoms with E-state index in [2.05, 4.69) is 412 Å². The summed E-state index contributed by atoms with van der Waals surface area (Å²) in [5.74, 6) is 0. The first kappa shape index (κ1) is 90.8. The van der Waals surface area contributed by atoms with Gasteiger partial charge < -0.3 is 28.7 Å². The average molecular weight is 1960 g/mol. The second kappa shape index (κ2) is 28.9. The molecule has 0 amide bonds. The number of benzene rings is 13. The molecule has 0 spiro atoms. The molecule has 738 valence electrons. The third-order valence-corrected chi connectivity index (χ3v) is 46.1. The van der Waals surface area contributed by atoms with Crippen LogP contribution < -0.4 is 52.4 Å². The van der Waals surface area contributed by atoms with Gasteiger partial charge in [-0.3, -0.25) is 0 Å². The Morgan fingerprint density at radius 2 is 0.707 bits per heavy atom. The molecular weight excluding hydrogens is 1820 g/mol. The molecule has 5 aliphatic carbocycles. The van der Waals surface area contributed by atoms with Crippen molar-refractivity contribution in [3.8, 4) is 44.9 Å². The number of hydrogen-bond donors (Lipinski definition) is 0. The first-order valence-corrected chi connectivity index (χ1v) is 58.2. The Balaban J connectivity index is 0.538. The van der Waals surface area contributed by atoms with Gasteiger partial charge in [0.2, 0.25) is 0 Å². The Bertz CT molecular complexity index is 8820. The van der Waals surface area contributed by atoms with Crippen molar-refractivity contribution < 1.29 is 0 Å². The van der Waals surface area contributed by atoms with Gasteiger partial charge in [0.05, 0.1) is 43.6 Å². The average Bonchev–Trinajstić information content (AvgIpc) is 1.48.